The van der Waals surface area contributed by atoms with E-state index in [-0.39, 0.29) is 12.1 Å². The third kappa shape index (κ3) is 8.97. The Morgan fingerprint density at radius 3 is 1.18 bits per heavy atom. The van der Waals surface area contributed by atoms with Gasteiger partial charge in [-0.3, -0.25) is 9.98 Å². The van der Waals surface area contributed by atoms with Crippen LogP contribution in [0.2, 0.25) is 0 Å². The largest absolute Gasteiger partial charge is 0.301 e. The summed E-state index contributed by atoms with van der Waals surface area (Å²) in [6, 6.07) is 14.1. The molecule has 4 rings (SSSR count). The van der Waals surface area contributed by atoms with Crippen molar-refractivity contribution in [1.29, 1.82) is 0 Å². The molecule has 2 fully saturated rings. The summed E-state index contributed by atoms with van der Waals surface area (Å²) in [5, 5.41) is 4.16. The molecule has 0 amide bonds. The van der Waals surface area contributed by atoms with E-state index in [0.717, 1.165) is 0 Å². The lowest BCUT2D eigenvalue weighted by molar-refractivity contribution is 0.128. The molecule has 2 aliphatic rings. The number of hydrogen-bond acceptors (Lipinski definition) is 3. The summed E-state index contributed by atoms with van der Waals surface area (Å²) >= 11 is 0. The van der Waals surface area contributed by atoms with Crippen LogP contribution in [0.5, 0.6) is 0 Å². The van der Waals surface area contributed by atoms with Gasteiger partial charge in [-0.05, 0) is 90.9 Å². The maximum Gasteiger partial charge on any atom is 0.0698 e. The number of rotatable bonds is 8. The summed E-state index contributed by atoms with van der Waals surface area (Å²) in [5.74, 6) is 1.77. The van der Waals surface area contributed by atoms with Gasteiger partial charge in [0, 0.05) is 23.5 Å². The minimum absolute atomic E-state index is 0.252. The molecule has 3 nitrogen and oxygen atoms in total. The summed E-state index contributed by atoms with van der Waals surface area (Å²) in [6.45, 7) is 23.0. The van der Waals surface area contributed by atoms with Crippen molar-refractivity contribution in [2.45, 2.75) is 176 Å². The lowest BCUT2D eigenvalue weighted by atomic mass is 9.66. The zero-order valence-corrected chi connectivity index (χ0v) is 30.6. The second kappa shape index (κ2) is 16.0. The summed E-state index contributed by atoms with van der Waals surface area (Å²) in [6.07, 6.45) is 14.7. The molecule has 45 heavy (non-hydrogen) atoms. The quantitative estimate of drug-likeness (QED) is 0.296. The maximum absolute atomic E-state index is 5.55. The topological polar surface area (TPSA) is 36.8 Å². The zero-order valence-electron chi connectivity index (χ0n) is 30.6. The molecule has 1 saturated heterocycles. The van der Waals surface area contributed by atoms with E-state index < -0.39 is 0 Å². The molecule has 1 spiro atoms. The fourth-order valence-electron chi connectivity index (χ4n) is 8.05. The molecule has 2 unspecified atom stereocenters. The molecule has 248 valence electrons. The Labute approximate surface area is 277 Å². The molecule has 0 bridgehead atoms. The van der Waals surface area contributed by atoms with Crippen molar-refractivity contribution >= 4 is 22.8 Å². The van der Waals surface area contributed by atoms with Crippen molar-refractivity contribution in [3.63, 3.8) is 0 Å². The maximum atomic E-state index is 5.55. The van der Waals surface area contributed by atoms with E-state index in [1.807, 2.05) is 0 Å². The molecule has 1 N–H and O–H groups in total. The molecule has 3 heteroatoms. The van der Waals surface area contributed by atoms with Crippen LogP contribution in [0.25, 0.3) is 0 Å². The van der Waals surface area contributed by atoms with Crippen LogP contribution < -0.4 is 5.32 Å². The predicted molar refractivity (Wildman–Crippen MR) is 199 cm³/mol. The summed E-state index contributed by atoms with van der Waals surface area (Å²) < 4.78 is 0. The Morgan fingerprint density at radius 2 is 0.867 bits per heavy atom. The van der Waals surface area contributed by atoms with Gasteiger partial charge in [-0.25, -0.2) is 0 Å². The minimum atomic E-state index is 0.252. The van der Waals surface area contributed by atoms with Gasteiger partial charge >= 0.3 is 0 Å². The average molecular weight is 612 g/mol. The van der Waals surface area contributed by atoms with E-state index >= 15 is 0 Å². The van der Waals surface area contributed by atoms with Gasteiger partial charge in [0.25, 0.3) is 0 Å². The molecule has 1 saturated carbocycles. The van der Waals surface area contributed by atoms with E-state index in [4.69, 9.17) is 9.98 Å². The number of aliphatic imine (C=N–C) groups is 2. The fourth-order valence-corrected chi connectivity index (χ4v) is 8.05. The van der Waals surface area contributed by atoms with Crippen LogP contribution in [0.1, 0.15) is 186 Å². The highest BCUT2D eigenvalue weighted by Gasteiger charge is 2.41. The van der Waals surface area contributed by atoms with Gasteiger partial charge in [-0.1, -0.05) is 137 Å². The third-order valence-electron chi connectivity index (χ3n) is 10.9. The monoisotopic (exact) mass is 612 g/mol. The van der Waals surface area contributed by atoms with Crippen molar-refractivity contribution in [3.8, 4) is 0 Å². The van der Waals surface area contributed by atoms with Crippen molar-refractivity contribution in [1.82, 2.24) is 5.32 Å². The lowest BCUT2D eigenvalue weighted by Gasteiger charge is -2.46. The molecule has 1 heterocycles. The van der Waals surface area contributed by atoms with Crippen LogP contribution in [0.3, 0.4) is 0 Å². The molecule has 0 radical (unpaired) electrons. The Kier molecular flexibility index (Phi) is 12.7. The van der Waals surface area contributed by atoms with Gasteiger partial charge in [0.1, 0.15) is 0 Å². The summed E-state index contributed by atoms with van der Waals surface area (Å²) in [4.78, 5) is 11.1. The highest BCUT2D eigenvalue weighted by atomic mass is 15.0. The molecular weight excluding hydrogens is 546 g/mol. The molecule has 0 aromatic heterocycles. The van der Waals surface area contributed by atoms with Crippen LogP contribution in [-0.4, -0.2) is 23.5 Å². The van der Waals surface area contributed by atoms with Crippen molar-refractivity contribution in [2.75, 3.05) is 0 Å². The second-order valence-corrected chi connectivity index (χ2v) is 15.9. The van der Waals surface area contributed by atoms with Gasteiger partial charge in [-0.2, -0.15) is 0 Å². The first-order valence-electron chi connectivity index (χ1n) is 18.5. The van der Waals surface area contributed by atoms with Crippen LogP contribution in [0.4, 0.5) is 11.4 Å². The molecule has 2 aromatic carbocycles. The van der Waals surface area contributed by atoms with E-state index in [9.17, 15) is 0 Å². The molecular formula is C42H65N3. The van der Waals surface area contributed by atoms with Crippen LogP contribution in [0.15, 0.2) is 46.4 Å². The summed E-state index contributed by atoms with van der Waals surface area (Å²) in [5.41, 5.74) is 10.7. The van der Waals surface area contributed by atoms with Crippen LogP contribution >= 0.6 is 0 Å². The van der Waals surface area contributed by atoms with E-state index in [1.54, 1.807) is 0 Å². The predicted octanol–water partition coefficient (Wildman–Crippen LogP) is 12.7. The van der Waals surface area contributed by atoms with Crippen molar-refractivity contribution < 1.29 is 0 Å². The SMILES string of the molecule is C/C(=N\c1c(C(C)C)cccc1C(C)C)C1CC2(CCCCCCCCC2)CC(/C(C)=N/c2c(C(C)C)cccc2C(C)C)N1. The number of nitrogens with zero attached hydrogens (tertiary/aromatic N) is 2. The van der Waals surface area contributed by atoms with Crippen molar-refractivity contribution in [2.24, 2.45) is 15.4 Å². The third-order valence-corrected chi connectivity index (χ3v) is 10.9. The summed E-state index contributed by atoms with van der Waals surface area (Å²) in [7, 11) is 0. The molecule has 2 aromatic rings. The van der Waals surface area contributed by atoms with E-state index in [2.05, 4.69) is 111 Å². The standard InChI is InChI=1S/C42H65N3/c1-28(2)34-20-18-21-35(29(3)4)40(34)43-32(9)38-26-42(24-16-14-12-11-13-15-17-25-42)27-39(45-38)33(10)44-41-36(30(5)6)22-19-23-37(41)31(7)8/h18-23,28-31,38-39,45H,11-17,24-27H2,1-10H3/b43-32+,44-33+. The van der Waals surface area contributed by atoms with Crippen LogP contribution in [0, 0.1) is 5.41 Å². The number of benzene rings is 2. The Hall–Kier alpha value is -2.26. The second-order valence-electron chi connectivity index (χ2n) is 15.9. The van der Waals surface area contributed by atoms with Gasteiger partial charge in [-0.15, -0.1) is 0 Å². The average Bonchev–Trinajstić information content (AvgIpc) is 2.99. The molecule has 1 aliphatic heterocycles. The van der Waals surface area contributed by atoms with E-state index in [1.165, 1.54) is 116 Å². The Bertz CT molecular complexity index is 1160. The molecule has 1 aliphatic carbocycles. The normalized spacial score (nSPS) is 22.2. The van der Waals surface area contributed by atoms with Crippen LogP contribution in [-0.2, 0) is 0 Å². The smallest absolute Gasteiger partial charge is 0.0698 e. The van der Waals surface area contributed by atoms with Gasteiger partial charge in [0.15, 0.2) is 0 Å². The minimum Gasteiger partial charge on any atom is -0.301 e. The number of para-hydroxylation sites is 2. The van der Waals surface area contributed by atoms with Crippen molar-refractivity contribution in [3.05, 3.63) is 58.7 Å². The first-order valence-corrected chi connectivity index (χ1v) is 18.5. The zero-order chi connectivity index (χ0) is 32.7. The first-order chi connectivity index (χ1) is 21.4. The number of hydrogen-bond donors (Lipinski definition) is 1. The first kappa shape index (κ1) is 35.6. The van der Waals surface area contributed by atoms with E-state index in [0.29, 0.717) is 29.1 Å². The Morgan fingerprint density at radius 1 is 0.556 bits per heavy atom. The number of nitrogens with one attached hydrogen (secondary N) is 1. The highest BCUT2D eigenvalue weighted by molar-refractivity contribution is 5.94. The Balaban J connectivity index is 1.79. The number of piperidine rings is 1. The molecule has 2 atom stereocenters. The lowest BCUT2D eigenvalue weighted by Crippen LogP contribution is -2.55. The van der Waals surface area contributed by atoms with Gasteiger partial charge < -0.3 is 5.32 Å². The fraction of sp³-hybridized carbons (Fsp3) is 0.667. The highest BCUT2D eigenvalue weighted by Crippen LogP contribution is 2.45. The van der Waals surface area contributed by atoms with Gasteiger partial charge in [0.2, 0.25) is 0 Å². The van der Waals surface area contributed by atoms with Gasteiger partial charge in [0.05, 0.1) is 11.4 Å².